The van der Waals surface area contributed by atoms with Crippen molar-refractivity contribution in [2.45, 2.75) is 6.42 Å². The SMILES string of the molecule is [c]1ccc2c(c1)Cc1ccccc1-2.[c]1ccc2ccc3cccc4ccc1c2c43. The highest BCUT2D eigenvalue weighted by atomic mass is 14.2. The second-order valence-corrected chi connectivity index (χ2v) is 7.62. The van der Waals surface area contributed by atoms with Crippen molar-refractivity contribution < 1.29 is 0 Å². The third-order valence-corrected chi connectivity index (χ3v) is 5.95. The normalized spacial score (nSPS) is 12.0. The van der Waals surface area contributed by atoms with Crippen molar-refractivity contribution >= 4 is 32.3 Å². The van der Waals surface area contributed by atoms with Crippen LogP contribution < -0.4 is 0 Å². The molecule has 0 bridgehead atoms. The van der Waals surface area contributed by atoms with Gasteiger partial charge in [0, 0.05) is 0 Å². The summed E-state index contributed by atoms with van der Waals surface area (Å²) >= 11 is 0. The van der Waals surface area contributed by atoms with Crippen LogP contribution in [0.5, 0.6) is 0 Å². The molecule has 0 nitrogen and oxygen atoms in total. The summed E-state index contributed by atoms with van der Waals surface area (Å²) in [4.78, 5) is 0. The molecule has 0 fully saturated rings. The number of hydrogen-bond acceptors (Lipinski definition) is 0. The van der Waals surface area contributed by atoms with Crippen LogP contribution in [0.4, 0.5) is 0 Å². The van der Waals surface area contributed by atoms with Gasteiger partial charge in [-0.1, -0.05) is 97.1 Å². The highest BCUT2D eigenvalue weighted by Gasteiger charge is 2.16. The molecule has 0 spiro atoms. The Labute approximate surface area is 170 Å². The van der Waals surface area contributed by atoms with Crippen molar-refractivity contribution in [3.05, 3.63) is 120 Å². The Morgan fingerprint density at radius 1 is 0.552 bits per heavy atom. The lowest BCUT2D eigenvalue weighted by molar-refractivity contribution is 1.26. The van der Waals surface area contributed by atoms with E-state index in [2.05, 4.69) is 97.1 Å². The maximum absolute atomic E-state index is 3.31. The van der Waals surface area contributed by atoms with Crippen molar-refractivity contribution in [3.63, 3.8) is 0 Å². The van der Waals surface area contributed by atoms with E-state index in [-0.39, 0.29) is 0 Å². The van der Waals surface area contributed by atoms with E-state index in [9.17, 15) is 0 Å². The third-order valence-electron chi connectivity index (χ3n) is 5.95. The quantitative estimate of drug-likeness (QED) is 0.245. The standard InChI is InChI=1S/C16H9.C13H9/c1-3-11-7-9-13-5-2-6-14-10-8-12(4-1)15(11)16(13)14;1-3-7-12-10(5-1)9-11-6-2-4-8-13(11)12/h1-5,7-10H;1,3-8H,9H2. The molecular formula is C29H18. The predicted octanol–water partition coefficient (Wildman–Crippen LogP) is 7.44. The average Bonchev–Trinajstić information content (AvgIpc) is 3.17. The van der Waals surface area contributed by atoms with Crippen LogP contribution in [0.2, 0.25) is 0 Å². The van der Waals surface area contributed by atoms with E-state index in [0.29, 0.717) is 0 Å². The Bertz CT molecular complexity index is 1300. The molecule has 1 aliphatic carbocycles. The first-order valence-electron chi connectivity index (χ1n) is 10.00. The Balaban J connectivity index is 0.000000117. The second kappa shape index (κ2) is 6.46. The van der Waals surface area contributed by atoms with E-state index in [1.165, 1.54) is 54.6 Å². The lowest BCUT2D eigenvalue weighted by Crippen LogP contribution is -1.82. The Morgan fingerprint density at radius 3 is 2.21 bits per heavy atom. The summed E-state index contributed by atoms with van der Waals surface area (Å²) in [5.41, 5.74) is 5.63. The van der Waals surface area contributed by atoms with Gasteiger partial charge in [-0.3, -0.25) is 0 Å². The highest BCUT2D eigenvalue weighted by Crippen LogP contribution is 2.36. The zero-order valence-electron chi connectivity index (χ0n) is 15.9. The molecule has 6 aromatic carbocycles. The van der Waals surface area contributed by atoms with Crippen LogP contribution in [-0.4, -0.2) is 0 Å². The van der Waals surface area contributed by atoms with Crippen LogP contribution in [0.15, 0.2) is 97.1 Å². The number of hydrogen-bond donors (Lipinski definition) is 0. The zero-order chi connectivity index (χ0) is 19.2. The molecule has 2 radical (unpaired) electrons. The van der Waals surface area contributed by atoms with Crippen LogP contribution in [-0.2, 0) is 6.42 Å². The fraction of sp³-hybridized carbons (Fsp3) is 0.0345. The van der Waals surface area contributed by atoms with E-state index < -0.39 is 0 Å². The molecule has 0 aliphatic heterocycles. The van der Waals surface area contributed by atoms with Crippen LogP contribution in [0.1, 0.15) is 11.1 Å². The molecule has 29 heavy (non-hydrogen) atoms. The van der Waals surface area contributed by atoms with Crippen LogP contribution in [0.25, 0.3) is 43.4 Å². The molecule has 0 heterocycles. The third kappa shape index (κ3) is 2.61. The van der Waals surface area contributed by atoms with Gasteiger partial charge in [0.1, 0.15) is 0 Å². The number of rotatable bonds is 0. The maximum atomic E-state index is 3.31. The summed E-state index contributed by atoms with van der Waals surface area (Å²) in [6, 6.07) is 40.6. The highest BCUT2D eigenvalue weighted by molar-refractivity contribution is 6.22. The molecule has 0 saturated heterocycles. The first-order valence-corrected chi connectivity index (χ1v) is 10.00. The predicted molar refractivity (Wildman–Crippen MR) is 123 cm³/mol. The van der Waals surface area contributed by atoms with Gasteiger partial charge in [0.2, 0.25) is 0 Å². The van der Waals surface area contributed by atoms with Crippen molar-refractivity contribution in [2.24, 2.45) is 0 Å². The summed E-state index contributed by atoms with van der Waals surface area (Å²) in [7, 11) is 0. The van der Waals surface area contributed by atoms with E-state index >= 15 is 0 Å². The Hall–Kier alpha value is -3.64. The first-order chi connectivity index (χ1) is 14.4. The molecule has 134 valence electrons. The molecule has 6 aromatic rings. The fourth-order valence-corrected chi connectivity index (χ4v) is 4.61. The lowest BCUT2D eigenvalue weighted by Gasteiger charge is -2.09. The smallest absolute Gasteiger partial charge is 0.00132 e. The van der Waals surface area contributed by atoms with E-state index in [4.69, 9.17) is 0 Å². The monoisotopic (exact) mass is 366 g/mol. The van der Waals surface area contributed by atoms with Gasteiger partial charge >= 0.3 is 0 Å². The molecule has 0 amide bonds. The van der Waals surface area contributed by atoms with Gasteiger partial charge < -0.3 is 0 Å². The second-order valence-electron chi connectivity index (χ2n) is 7.62. The van der Waals surface area contributed by atoms with Crippen molar-refractivity contribution in [3.8, 4) is 11.1 Å². The van der Waals surface area contributed by atoms with Crippen LogP contribution in [0, 0.1) is 12.1 Å². The van der Waals surface area contributed by atoms with Gasteiger partial charge in [-0.25, -0.2) is 0 Å². The Kier molecular flexibility index (Phi) is 3.64. The molecule has 0 atom stereocenters. The van der Waals surface area contributed by atoms with Gasteiger partial charge in [-0.2, -0.15) is 0 Å². The van der Waals surface area contributed by atoms with Crippen molar-refractivity contribution in [1.29, 1.82) is 0 Å². The number of benzene rings is 6. The van der Waals surface area contributed by atoms with Gasteiger partial charge in [-0.05, 0) is 73.1 Å². The van der Waals surface area contributed by atoms with E-state index in [0.717, 1.165) is 6.42 Å². The summed E-state index contributed by atoms with van der Waals surface area (Å²) in [6.07, 6.45) is 1.07. The first kappa shape index (κ1) is 16.3. The zero-order valence-corrected chi connectivity index (χ0v) is 15.9. The summed E-state index contributed by atoms with van der Waals surface area (Å²) < 4.78 is 0. The molecule has 0 aromatic heterocycles. The fourth-order valence-electron chi connectivity index (χ4n) is 4.61. The summed E-state index contributed by atoms with van der Waals surface area (Å²) in [5, 5.41) is 7.86. The lowest BCUT2D eigenvalue weighted by atomic mass is 9.95. The molecular weight excluding hydrogens is 348 g/mol. The maximum Gasteiger partial charge on any atom is -0.00132 e. The minimum atomic E-state index is 1.07. The van der Waals surface area contributed by atoms with Crippen LogP contribution >= 0.6 is 0 Å². The topological polar surface area (TPSA) is 0 Å². The molecule has 0 unspecified atom stereocenters. The van der Waals surface area contributed by atoms with Gasteiger partial charge in [0.05, 0.1) is 0 Å². The van der Waals surface area contributed by atoms with Gasteiger partial charge in [0.15, 0.2) is 0 Å². The molecule has 1 aliphatic rings. The summed E-state index contributed by atoms with van der Waals surface area (Å²) in [5.74, 6) is 0. The summed E-state index contributed by atoms with van der Waals surface area (Å²) in [6.45, 7) is 0. The molecule has 0 heteroatoms. The van der Waals surface area contributed by atoms with Gasteiger partial charge in [-0.15, -0.1) is 0 Å². The van der Waals surface area contributed by atoms with Crippen molar-refractivity contribution in [2.75, 3.05) is 0 Å². The average molecular weight is 366 g/mol. The van der Waals surface area contributed by atoms with Gasteiger partial charge in [0.25, 0.3) is 0 Å². The number of fused-ring (bicyclic) bond motifs is 3. The van der Waals surface area contributed by atoms with E-state index in [1.54, 1.807) is 0 Å². The molecule has 0 N–H and O–H groups in total. The van der Waals surface area contributed by atoms with Crippen molar-refractivity contribution in [1.82, 2.24) is 0 Å². The minimum absolute atomic E-state index is 1.07. The van der Waals surface area contributed by atoms with Crippen LogP contribution in [0.3, 0.4) is 0 Å². The largest absolute Gasteiger partial charge is 0.0619 e. The molecule has 7 rings (SSSR count). The Morgan fingerprint density at radius 2 is 1.31 bits per heavy atom. The van der Waals surface area contributed by atoms with E-state index in [1.807, 2.05) is 12.1 Å². The minimum Gasteiger partial charge on any atom is -0.0619 e. The molecule has 0 saturated carbocycles.